The first kappa shape index (κ1) is 19.9. The van der Waals surface area contributed by atoms with E-state index in [1.54, 1.807) is 75.4 Å². The lowest BCUT2D eigenvalue weighted by Crippen LogP contribution is -2.40. The van der Waals surface area contributed by atoms with Crippen LogP contribution < -0.4 is 9.46 Å². The molecule has 1 N–H and O–H groups in total. The molecule has 0 saturated heterocycles. The normalized spacial score (nSPS) is 11.8. The Hall–Kier alpha value is -2.38. The Kier molecular flexibility index (Phi) is 6.39. The summed E-state index contributed by atoms with van der Waals surface area (Å²) in [6.45, 7) is 5.42. The zero-order valence-corrected chi connectivity index (χ0v) is 15.9. The van der Waals surface area contributed by atoms with Crippen molar-refractivity contribution in [1.82, 2.24) is 4.72 Å². The molecule has 0 saturated carbocycles. The fraction of sp³-hybridized carbons (Fsp3) is 0.316. The number of esters is 1. The van der Waals surface area contributed by atoms with Gasteiger partial charge < -0.3 is 9.47 Å². The van der Waals surface area contributed by atoms with Crippen LogP contribution in [0.25, 0.3) is 0 Å². The van der Waals surface area contributed by atoms with Gasteiger partial charge >= 0.3 is 5.97 Å². The van der Waals surface area contributed by atoms with Gasteiger partial charge in [-0.3, -0.25) is 0 Å². The highest BCUT2D eigenvalue weighted by Crippen LogP contribution is 2.25. The van der Waals surface area contributed by atoms with E-state index >= 15 is 0 Å². The highest BCUT2D eigenvalue weighted by Gasteiger charge is 2.27. The Labute approximate surface area is 154 Å². The van der Waals surface area contributed by atoms with Crippen LogP contribution >= 0.6 is 0 Å². The van der Waals surface area contributed by atoms with Gasteiger partial charge in [-0.25, -0.2) is 17.9 Å². The maximum absolute atomic E-state index is 12.5. The number of hydrogen-bond acceptors (Lipinski definition) is 5. The number of rotatable bonds is 8. The third-order valence-electron chi connectivity index (χ3n) is 3.68. The minimum atomic E-state index is -3.65. The first-order valence-corrected chi connectivity index (χ1v) is 9.71. The lowest BCUT2D eigenvalue weighted by Gasteiger charge is -2.26. The highest BCUT2D eigenvalue weighted by atomic mass is 32.2. The fourth-order valence-electron chi connectivity index (χ4n) is 2.37. The van der Waals surface area contributed by atoms with Crippen molar-refractivity contribution in [2.24, 2.45) is 0 Å². The SMILES string of the molecule is CCOC(=O)COc1ccc(C(C)(C)NS(=O)(=O)c2ccccc2)cc1. The fourth-order valence-corrected chi connectivity index (χ4v) is 3.79. The van der Waals surface area contributed by atoms with Crippen LogP contribution in [0, 0.1) is 0 Å². The van der Waals surface area contributed by atoms with E-state index in [0.717, 1.165) is 5.56 Å². The molecule has 0 heterocycles. The third kappa shape index (κ3) is 5.31. The molecule has 2 aromatic rings. The van der Waals surface area contributed by atoms with Gasteiger partial charge in [-0.2, -0.15) is 0 Å². The van der Waals surface area contributed by atoms with Crippen molar-refractivity contribution in [3.05, 3.63) is 60.2 Å². The predicted molar refractivity (Wildman–Crippen MR) is 98.4 cm³/mol. The Bertz CT molecular complexity index is 830. The molecule has 0 aromatic heterocycles. The molecule has 0 spiro atoms. The van der Waals surface area contributed by atoms with E-state index in [1.807, 2.05) is 0 Å². The first-order chi connectivity index (χ1) is 12.2. The van der Waals surface area contributed by atoms with Crippen molar-refractivity contribution >= 4 is 16.0 Å². The predicted octanol–water partition coefficient (Wildman–Crippen LogP) is 2.84. The summed E-state index contributed by atoms with van der Waals surface area (Å²) in [6, 6.07) is 15.1. The molecule has 0 bridgehead atoms. The van der Waals surface area contributed by atoms with Gasteiger partial charge in [0.15, 0.2) is 6.61 Å². The summed E-state index contributed by atoms with van der Waals surface area (Å²) >= 11 is 0. The average molecular weight is 377 g/mol. The first-order valence-electron chi connectivity index (χ1n) is 8.22. The third-order valence-corrected chi connectivity index (χ3v) is 5.35. The minimum absolute atomic E-state index is 0.169. The van der Waals surface area contributed by atoms with Crippen LogP contribution in [-0.2, 0) is 25.1 Å². The lowest BCUT2D eigenvalue weighted by atomic mass is 9.96. The summed E-state index contributed by atoms with van der Waals surface area (Å²) in [5, 5.41) is 0. The Morgan fingerprint density at radius 2 is 1.65 bits per heavy atom. The largest absolute Gasteiger partial charge is 0.482 e. The molecule has 140 valence electrons. The number of benzene rings is 2. The number of carbonyl (C=O) groups is 1. The summed E-state index contributed by atoms with van der Waals surface area (Å²) in [7, 11) is -3.65. The second kappa shape index (κ2) is 8.33. The molecule has 0 radical (unpaired) electrons. The maximum Gasteiger partial charge on any atom is 0.344 e. The van der Waals surface area contributed by atoms with E-state index in [-0.39, 0.29) is 11.5 Å². The second-order valence-corrected chi connectivity index (χ2v) is 7.84. The molecule has 0 unspecified atom stereocenters. The standard InChI is InChI=1S/C19H23NO5S/c1-4-24-18(21)14-25-16-12-10-15(11-13-16)19(2,3)20-26(22,23)17-8-6-5-7-9-17/h5-13,20H,4,14H2,1-3H3. The average Bonchev–Trinajstić information content (AvgIpc) is 2.60. The van der Waals surface area contributed by atoms with Crippen LogP contribution in [0.5, 0.6) is 5.75 Å². The molecule has 6 nitrogen and oxygen atoms in total. The number of nitrogens with one attached hydrogen (secondary N) is 1. The van der Waals surface area contributed by atoms with E-state index in [2.05, 4.69) is 4.72 Å². The summed E-state index contributed by atoms with van der Waals surface area (Å²) in [5.41, 5.74) is -0.0607. The lowest BCUT2D eigenvalue weighted by molar-refractivity contribution is -0.145. The molecule has 0 atom stereocenters. The molecule has 7 heteroatoms. The van der Waals surface area contributed by atoms with Crippen LogP contribution in [0.15, 0.2) is 59.5 Å². The van der Waals surface area contributed by atoms with Crippen molar-refractivity contribution in [2.75, 3.05) is 13.2 Å². The van der Waals surface area contributed by atoms with Crippen LogP contribution in [0.2, 0.25) is 0 Å². The van der Waals surface area contributed by atoms with Gasteiger partial charge in [-0.15, -0.1) is 0 Å². The van der Waals surface area contributed by atoms with Crippen molar-refractivity contribution < 1.29 is 22.7 Å². The van der Waals surface area contributed by atoms with Crippen LogP contribution in [0.4, 0.5) is 0 Å². The molecule has 0 fully saturated rings. The molecule has 2 rings (SSSR count). The van der Waals surface area contributed by atoms with E-state index in [9.17, 15) is 13.2 Å². The quantitative estimate of drug-likeness (QED) is 0.716. The topological polar surface area (TPSA) is 81.7 Å². The molecule has 26 heavy (non-hydrogen) atoms. The number of hydrogen-bond donors (Lipinski definition) is 1. The molecular formula is C19H23NO5S. The smallest absolute Gasteiger partial charge is 0.344 e. The molecule has 0 aliphatic rings. The summed E-state index contributed by atoms with van der Waals surface area (Å²) < 4.78 is 37.9. The van der Waals surface area contributed by atoms with Crippen molar-refractivity contribution in [3.63, 3.8) is 0 Å². The van der Waals surface area contributed by atoms with E-state index in [4.69, 9.17) is 9.47 Å². The van der Waals surface area contributed by atoms with Gasteiger partial charge in [0.05, 0.1) is 17.0 Å². The van der Waals surface area contributed by atoms with Gasteiger partial charge in [0.2, 0.25) is 10.0 Å². The van der Waals surface area contributed by atoms with Crippen LogP contribution in [0.3, 0.4) is 0 Å². The number of carbonyl (C=O) groups excluding carboxylic acids is 1. The summed E-state index contributed by atoms with van der Waals surface area (Å²) in [5.74, 6) is 0.0658. The van der Waals surface area contributed by atoms with Crippen molar-refractivity contribution in [1.29, 1.82) is 0 Å². The van der Waals surface area contributed by atoms with E-state index in [0.29, 0.717) is 12.4 Å². The summed E-state index contributed by atoms with van der Waals surface area (Å²) in [4.78, 5) is 11.5. The molecule has 2 aromatic carbocycles. The van der Waals surface area contributed by atoms with Crippen molar-refractivity contribution in [2.45, 2.75) is 31.2 Å². The second-order valence-electron chi connectivity index (χ2n) is 6.16. The highest BCUT2D eigenvalue weighted by molar-refractivity contribution is 7.89. The molecular weight excluding hydrogens is 354 g/mol. The zero-order chi connectivity index (χ0) is 19.2. The van der Waals surface area contributed by atoms with Gasteiger partial charge in [-0.1, -0.05) is 30.3 Å². The van der Waals surface area contributed by atoms with Gasteiger partial charge in [-0.05, 0) is 50.6 Å². The van der Waals surface area contributed by atoms with Gasteiger partial charge in [0, 0.05) is 0 Å². The number of sulfonamides is 1. The van der Waals surface area contributed by atoms with Gasteiger partial charge in [0.25, 0.3) is 0 Å². The Morgan fingerprint density at radius 1 is 1.04 bits per heavy atom. The van der Waals surface area contributed by atoms with Crippen molar-refractivity contribution in [3.8, 4) is 5.75 Å². The minimum Gasteiger partial charge on any atom is -0.482 e. The van der Waals surface area contributed by atoms with Crippen LogP contribution in [0.1, 0.15) is 26.3 Å². The van der Waals surface area contributed by atoms with E-state index < -0.39 is 21.5 Å². The zero-order valence-electron chi connectivity index (χ0n) is 15.1. The van der Waals surface area contributed by atoms with E-state index in [1.165, 1.54) is 0 Å². The molecule has 0 amide bonds. The van der Waals surface area contributed by atoms with Crippen LogP contribution in [-0.4, -0.2) is 27.6 Å². The Morgan fingerprint density at radius 3 is 2.23 bits per heavy atom. The Balaban J connectivity index is 2.08. The van der Waals surface area contributed by atoms with Gasteiger partial charge in [0.1, 0.15) is 5.75 Å². The monoisotopic (exact) mass is 377 g/mol. The maximum atomic E-state index is 12.5. The number of ether oxygens (including phenoxy) is 2. The molecule has 0 aliphatic heterocycles. The molecule has 0 aliphatic carbocycles. The summed E-state index contributed by atoms with van der Waals surface area (Å²) in [6.07, 6.45) is 0.